The number of hydrogen-bond acceptors (Lipinski definition) is 2. The third-order valence-corrected chi connectivity index (χ3v) is 20.8. The Labute approximate surface area is 321 Å². The summed E-state index contributed by atoms with van der Waals surface area (Å²) in [4.78, 5) is 0. The van der Waals surface area contributed by atoms with Crippen LogP contribution in [0.5, 0.6) is 0 Å². The van der Waals surface area contributed by atoms with Gasteiger partial charge in [0.1, 0.15) is 0 Å². The Kier molecular flexibility index (Phi) is 10.0. The monoisotopic (exact) mass is 784 g/mol. The van der Waals surface area contributed by atoms with E-state index in [-0.39, 0.29) is 24.8 Å². The van der Waals surface area contributed by atoms with E-state index in [1.165, 1.54) is 97.2 Å². The predicted molar refractivity (Wildman–Crippen MR) is 200 cm³/mol. The summed E-state index contributed by atoms with van der Waals surface area (Å²) < 4.78 is 15.2. The summed E-state index contributed by atoms with van der Waals surface area (Å²) in [5, 5.41) is 0. The van der Waals surface area contributed by atoms with Gasteiger partial charge in [-0.15, -0.1) is 0 Å². The molecule has 0 radical (unpaired) electrons. The minimum atomic E-state index is -2.74. The van der Waals surface area contributed by atoms with Gasteiger partial charge in [0.05, 0.1) is 0 Å². The number of hydrogen-bond donors (Lipinski definition) is 0. The molecule has 0 saturated heterocycles. The fourth-order valence-electron chi connectivity index (χ4n) is 8.68. The fraction of sp³-hybridized carbons (Fsp3) is 0.196. The van der Waals surface area contributed by atoms with Crippen LogP contribution in [0.4, 0.5) is 0 Å². The van der Waals surface area contributed by atoms with Crippen LogP contribution in [0.3, 0.4) is 0 Å². The Morgan fingerprint density at radius 1 is 0.549 bits per heavy atom. The van der Waals surface area contributed by atoms with Crippen LogP contribution < -0.4 is 24.8 Å². The zero-order valence-electron chi connectivity index (χ0n) is 29.4. The molecule has 0 N–H and O–H groups in total. The largest absolute Gasteiger partial charge is 1.00 e. The van der Waals surface area contributed by atoms with E-state index in [2.05, 4.69) is 137 Å². The van der Waals surface area contributed by atoms with Crippen molar-refractivity contribution in [3.63, 3.8) is 0 Å². The number of rotatable bonds is 6. The molecule has 0 bridgehead atoms. The van der Waals surface area contributed by atoms with Gasteiger partial charge in [0.15, 0.2) is 0 Å². The average Bonchev–Trinajstić information content (AvgIpc) is 3.92. The Bertz CT molecular complexity index is 2170. The first-order valence-corrected chi connectivity index (χ1v) is 21.7. The topological polar surface area (TPSA) is 26.3 Å². The van der Waals surface area contributed by atoms with Crippen molar-refractivity contribution in [2.45, 2.75) is 54.2 Å². The number of halogens is 2. The first-order chi connectivity index (χ1) is 24.0. The molecule has 1 saturated carbocycles. The Balaban J connectivity index is 0.00000203. The molecule has 0 amide bonds. The molecule has 0 spiro atoms. The van der Waals surface area contributed by atoms with E-state index >= 15 is 0 Å². The van der Waals surface area contributed by atoms with Crippen LogP contribution in [0.1, 0.15) is 82.5 Å². The summed E-state index contributed by atoms with van der Waals surface area (Å²) in [6.07, 6.45) is 12.5. The minimum absolute atomic E-state index is 0. The molecule has 2 atom stereocenters. The number of fused-ring (bicyclic) bond motifs is 2. The van der Waals surface area contributed by atoms with Gasteiger partial charge in [-0.05, 0) is 0 Å². The maximum absolute atomic E-state index is 6.33. The van der Waals surface area contributed by atoms with Crippen molar-refractivity contribution in [1.82, 2.24) is 0 Å². The van der Waals surface area contributed by atoms with E-state index < -0.39 is 21.3 Å². The molecule has 5 heteroatoms. The van der Waals surface area contributed by atoms with Gasteiger partial charge in [0.25, 0.3) is 0 Å². The third-order valence-electron chi connectivity index (χ3n) is 11.4. The fourth-order valence-corrected chi connectivity index (χ4v) is 19.4. The Morgan fingerprint density at radius 2 is 0.980 bits per heavy atom. The number of aryl methyl sites for hydroxylation is 2. The molecule has 3 aliphatic carbocycles. The van der Waals surface area contributed by atoms with E-state index in [0.29, 0.717) is 7.25 Å². The molecule has 254 valence electrons. The molecular weight excluding hydrogens is 747 g/mol. The zero-order valence-corrected chi connectivity index (χ0v) is 33.4. The van der Waals surface area contributed by atoms with Crippen LogP contribution in [0, 0.1) is 27.7 Å². The summed E-state index contributed by atoms with van der Waals surface area (Å²) in [7, 11) is 0. The molecule has 3 aliphatic rings. The van der Waals surface area contributed by atoms with Gasteiger partial charge in [-0.25, -0.2) is 0 Å². The van der Waals surface area contributed by atoms with Crippen molar-refractivity contribution in [1.29, 1.82) is 0 Å². The second-order valence-corrected chi connectivity index (χ2v) is 20.9. The normalized spacial score (nSPS) is 16.9. The minimum Gasteiger partial charge on any atom is -1.00 e. The van der Waals surface area contributed by atoms with E-state index in [0.717, 1.165) is 11.5 Å². The second kappa shape index (κ2) is 14.3. The standard InChI is InChI=1S/2C21H17O.C4H6.2ClH.Zr/c2*1-14-11-17-12-18(20-9-6-10-22-20)13-19(17)21(15(14)2)16-7-4-3-5-8-16;1-2-4-3-1;;;/h2*3-13H,1-2H3;1-3H2;2*1H;/q;;;;;+2/p-2. The molecule has 2 heterocycles. The van der Waals surface area contributed by atoms with Gasteiger partial charge >= 0.3 is 299 Å². The first-order valence-electron chi connectivity index (χ1n) is 17.6. The van der Waals surface area contributed by atoms with Crippen molar-refractivity contribution in [3.8, 4) is 22.3 Å². The first kappa shape index (κ1) is 35.6. The molecule has 2 aromatic heterocycles. The van der Waals surface area contributed by atoms with Gasteiger partial charge in [-0.1, -0.05) is 0 Å². The molecule has 6 aromatic rings. The SMILES string of the molecule is Cc1cc2c(c(-c3ccccc3)c1C)C=C(c1ccco1)[CH]2[Zr+2](=[C]1CCC1)[CH]1C(c2ccco2)=Cc2c1cc(C)c(C)c2-c1ccccc1.[Cl-].[Cl-]. The predicted octanol–water partition coefficient (Wildman–Crippen LogP) is 6.31. The van der Waals surface area contributed by atoms with E-state index in [4.69, 9.17) is 8.83 Å². The molecule has 51 heavy (non-hydrogen) atoms. The van der Waals surface area contributed by atoms with Crippen LogP contribution in [0.25, 0.3) is 45.6 Å². The van der Waals surface area contributed by atoms with Gasteiger partial charge in [0.2, 0.25) is 0 Å². The van der Waals surface area contributed by atoms with Crippen LogP contribution in [-0.2, 0) is 21.3 Å². The molecule has 1 fully saturated rings. The van der Waals surface area contributed by atoms with Gasteiger partial charge in [-0.2, -0.15) is 0 Å². The van der Waals surface area contributed by atoms with E-state index in [9.17, 15) is 0 Å². The van der Waals surface area contributed by atoms with Gasteiger partial charge in [0, 0.05) is 0 Å². The van der Waals surface area contributed by atoms with E-state index in [1.54, 1.807) is 0 Å². The van der Waals surface area contributed by atoms with Crippen molar-refractivity contribution in [2.75, 3.05) is 0 Å². The smallest absolute Gasteiger partial charge is 1.00 e. The summed E-state index contributed by atoms with van der Waals surface area (Å²) in [5.74, 6) is 2.03. The van der Waals surface area contributed by atoms with E-state index in [1.807, 2.05) is 15.7 Å². The van der Waals surface area contributed by atoms with Crippen LogP contribution in [0.15, 0.2) is 118 Å². The van der Waals surface area contributed by atoms with Crippen molar-refractivity contribution < 1.29 is 54.9 Å². The summed E-state index contributed by atoms with van der Waals surface area (Å²) in [6.45, 7) is 9.21. The Morgan fingerprint density at radius 3 is 1.33 bits per heavy atom. The van der Waals surface area contributed by atoms with Crippen molar-refractivity contribution >= 4 is 26.5 Å². The molecule has 2 nitrogen and oxygen atoms in total. The van der Waals surface area contributed by atoms with Crippen LogP contribution in [-0.4, -0.2) is 3.21 Å². The average molecular weight is 787 g/mol. The van der Waals surface area contributed by atoms with Crippen molar-refractivity contribution in [2.24, 2.45) is 0 Å². The Hall–Kier alpha value is -3.75. The van der Waals surface area contributed by atoms with Gasteiger partial charge < -0.3 is 24.8 Å². The molecular formula is C46H40Cl2O2Zr. The molecule has 2 unspecified atom stereocenters. The number of furan rings is 2. The quantitative estimate of drug-likeness (QED) is 0.198. The van der Waals surface area contributed by atoms with Crippen LogP contribution in [0.2, 0.25) is 0 Å². The van der Waals surface area contributed by atoms with Crippen molar-refractivity contribution in [3.05, 3.63) is 166 Å². The molecule has 9 rings (SSSR count). The number of allylic oxidation sites excluding steroid dienone is 2. The molecule has 4 aromatic carbocycles. The van der Waals surface area contributed by atoms with Gasteiger partial charge in [-0.3, -0.25) is 0 Å². The maximum atomic E-state index is 6.33. The molecule has 0 aliphatic heterocycles. The van der Waals surface area contributed by atoms with Crippen LogP contribution >= 0.6 is 0 Å². The zero-order chi connectivity index (χ0) is 33.2. The summed E-state index contributed by atoms with van der Waals surface area (Å²) >= 11 is -2.74. The summed E-state index contributed by atoms with van der Waals surface area (Å²) in [6, 6.07) is 35.6. The second-order valence-electron chi connectivity index (χ2n) is 14.1. The number of benzene rings is 4. The maximum Gasteiger partial charge on any atom is -1.00 e. The summed E-state index contributed by atoms with van der Waals surface area (Å²) in [5.41, 5.74) is 19.3. The third kappa shape index (κ3) is 5.87.